The number of imide groups is 1. The highest BCUT2D eigenvalue weighted by atomic mass is 19.1. The minimum atomic E-state index is -1.47. The van der Waals surface area contributed by atoms with Crippen molar-refractivity contribution in [3.05, 3.63) is 71.5 Å². The molecule has 0 aliphatic carbocycles. The molecule has 2 aromatic carbocycles. The maximum atomic E-state index is 13.3. The van der Waals surface area contributed by atoms with Crippen LogP contribution in [0.1, 0.15) is 22.8 Å². The van der Waals surface area contributed by atoms with Crippen LogP contribution in [0.3, 0.4) is 0 Å². The lowest BCUT2D eigenvalue weighted by Crippen LogP contribution is -2.59. The molecule has 2 aliphatic rings. The average molecular weight is 482 g/mol. The van der Waals surface area contributed by atoms with Gasteiger partial charge in [0.1, 0.15) is 11.4 Å². The first-order valence-electron chi connectivity index (χ1n) is 11.5. The molecule has 8 nitrogen and oxygen atoms in total. The summed E-state index contributed by atoms with van der Waals surface area (Å²) in [6.07, 6.45) is 0.142. The van der Waals surface area contributed by atoms with Crippen molar-refractivity contribution < 1.29 is 28.3 Å². The van der Waals surface area contributed by atoms with Gasteiger partial charge in [0.2, 0.25) is 11.8 Å². The van der Waals surface area contributed by atoms with Gasteiger partial charge in [-0.1, -0.05) is 30.3 Å². The molecule has 2 fully saturated rings. The Labute approximate surface area is 203 Å². The van der Waals surface area contributed by atoms with Crippen molar-refractivity contribution >= 4 is 23.7 Å². The van der Waals surface area contributed by atoms with E-state index in [-0.39, 0.29) is 18.9 Å². The summed E-state index contributed by atoms with van der Waals surface area (Å²) in [5.41, 5.74) is -0.368. The first-order valence-corrected chi connectivity index (χ1v) is 11.5. The summed E-state index contributed by atoms with van der Waals surface area (Å²) >= 11 is 0. The van der Waals surface area contributed by atoms with E-state index in [1.54, 1.807) is 6.92 Å². The number of likely N-dealkylation sites (N-methyl/N-ethyl adjacent to an activating group) is 1. The number of hydrogen-bond acceptors (Lipinski definition) is 6. The van der Waals surface area contributed by atoms with E-state index in [2.05, 4.69) is 5.32 Å². The van der Waals surface area contributed by atoms with Gasteiger partial charge in [-0.2, -0.15) is 0 Å². The molecule has 0 bridgehead atoms. The largest absolute Gasteiger partial charge is 0.468 e. The topological polar surface area (TPSA) is 96.0 Å². The molecule has 9 heteroatoms. The van der Waals surface area contributed by atoms with Gasteiger partial charge in [-0.25, -0.2) is 4.39 Å². The molecule has 4 atom stereocenters. The summed E-state index contributed by atoms with van der Waals surface area (Å²) in [6.45, 7) is 2.18. The van der Waals surface area contributed by atoms with E-state index in [9.17, 15) is 23.6 Å². The highest BCUT2D eigenvalue weighted by Gasteiger charge is 2.68. The fourth-order valence-corrected chi connectivity index (χ4v) is 5.32. The lowest BCUT2D eigenvalue weighted by atomic mass is 9.76. The molecule has 2 aromatic rings. The molecule has 0 unspecified atom stereocenters. The van der Waals surface area contributed by atoms with Crippen LogP contribution in [-0.4, -0.2) is 72.3 Å². The lowest BCUT2D eigenvalue weighted by Gasteiger charge is -2.33. The van der Waals surface area contributed by atoms with E-state index in [1.807, 2.05) is 30.3 Å². The third-order valence-corrected chi connectivity index (χ3v) is 7.03. The fourth-order valence-electron chi connectivity index (χ4n) is 5.32. The molecule has 0 spiro atoms. The van der Waals surface area contributed by atoms with Crippen LogP contribution >= 0.6 is 0 Å². The molecule has 0 radical (unpaired) electrons. The summed E-state index contributed by atoms with van der Waals surface area (Å²) in [5.74, 6) is -4.10. The molecule has 0 saturated carbocycles. The van der Waals surface area contributed by atoms with E-state index in [1.165, 1.54) is 43.3 Å². The number of fused-ring (bicyclic) bond motifs is 1. The smallest absolute Gasteiger partial charge is 0.327 e. The number of methoxy groups -OCH3 is 1. The van der Waals surface area contributed by atoms with Crippen LogP contribution in [-0.2, 0) is 25.5 Å². The summed E-state index contributed by atoms with van der Waals surface area (Å²) < 4.78 is 18.5. The van der Waals surface area contributed by atoms with Crippen LogP contribution in [0.2, 0.25) is 0 Å². The Morgan fingerprint density at radius 3 is 2.34 bits per heavy atom. The minimum absolute atomic E-state index is 0.0776. The number of amides is 3. The second kappa shape index (κ2) is 9.58. The SMILES string of the molecule is CCN(C[C@H]1N[C@@](Cc2ccccc2)(C(=O)OC)[C@H]2C(=O)N(C)C(=O)[C@@H]12)C(=O)c1ccc(F)cc1. The molecule has 4 rings (SSSR count). The number of carbonyl (C=O) groups excluding carboxylic acids is 4. The first kappa shape index (κ1) is 24.5. The van der Waals surface area contributed by atoms with Gasteiger partial charge in [-0.15, -0.1) is 0 Å². The van der Waals surface area contributed by atoms with Gasteiger partial charge in [0.25, 0.3) is 5.91 Å². The van der Waals surface area contributed by atoms with Gasteiger partial charge in [0.15, 0.2) is 0 Å². The predicted molar refractivity (Wildman–Crippen MR) is 125 cm³/mol. The molecule has 2 saturated heterocycles. The van der Waals surface area contributed by atoms with E-state index >= 15 is 0 Å². The second-order valence-corrected chi connectivity index (χ2v) is 8.97. The number of esters is 1. The summed E-state index contributed by atoms with van der Waals surface area (Å²) in [6, 6.07) is 13.7. The number of halogens is 1. The Morgan fingerprint density at radius 1 is 1.09 bits per heavy atom. The number of nitrogens with one attached hydrogen (secondary N) is 1. The highest BCUT2D eigenvalue weighted by molar-refractivity contribution is 6.09. The fraction of sp³-hybridized carbons (Fsp3) is 0.385. The maximum absolute atomic E-state index is 13.3. The second-order valence-electron chi connectivity index (χ2n) is 8.97. The Hall–Kier alpha value is -3.59. The molecule has 3 amide bonds. The van der Waals surface area contributed by atoms with Crippen LogP contribution in [0.5, 0.6) is 0 Å². The normalized spacial score (nSPS) is 25.5. The van der Waals surface area contributed by atoms with Crippen molar-refractivity contribution in [1.29, 1.82) is 0 Å². The third-order valence-electron chi connectivity index (χ3n) is 7.03. The predicted octanol–water partition coefficient (Wildman–Crippen LogP) is 1.65. The maximum Gasteiger partial charge on any atom is 0.327 e. The Morgan fingerprint density at radius 2 is 1.74 bits per heavy atom. The number of rotatable bonds is 7. The highest BCUT2D eigenvalue weighted by Crippen LogP contribution is 2.45. The van der Waals surface area contributed by atoms with Crippen molar-refractivity contribution in [3.8, 4) is 0 Å². The molecular weight excluding hydrogens is 453 g/mol. The van der Waals surface area contributed by atoms with Crippen molar-refractivity contribution in [2.45, 2.75) is 24.9 Å². The zero-order chi connectivity index (χ0) is 25.3. The Kier molecular flexibility index (Phi) is 6.71. The molecule has 184 valence electrons. The molecule has 2 aliphatic heterocycles. The lowest BCUT2D eigenvalue weighted by molar-refractivity contribution is -0.153. The summed E-state index contributed by atoms with van der Waals surface area (Å²) in [5, 5.41) is 3.27. The minimum Gasteiger partial charge on any atom is -0.468 e. The Bertz CT molecular complexity index is 1140. The van der Waals surface area contributed by atoms with Crippen molar-refractivity contribution in [2.24, 2.45) is 11.8 Å². The monoisotopic (exact) mass is 481 g/mol. The van der Waals surface area contributed by atoms with Crippen molar-refractivity contribution in [1.82, 2.24) is 15.1 Å². The summed E-state index contributed by atoms with van der Waals surface area (Å²) in [4.78, 5) is 55.4. The van der Waals surface area contributed by atoms with E-state index < -0.39 is 47.0 Å². The van der Waals surface area contributed by atoms with Gasteiger partial charge in [0.05, 0.1) is 18.9 Å². The van der Waals surface area contributed by atoms with Crippen molar-refractivity contribution in [3.63, 3.8) is 0 Å². The third kappa shape index (κ3) is 4.20. The summed E-state index contributed by atoms with van der Waals surface area (Å²) in [7, 11) is 2.66. The number of carbonyl (C=O) groups is 4. The number of likely N-dealkylation sites (tertiary alicyclic amines) is 1. The van der Waals surface area contributed by atoms with E-state index in [0.717, 1.165) is 10.5 Å². The van der Waals surface area contributed by atoms with E-state index in [4.69, 9.17) is 4.74 Å². The van der Waals surface area contributed by atoms with Crippen LogP contribution < -0.4 is 5.32 Å². The quantitative estimate of drug-likeness (QED) is 0.477. The average Bonchev–Trinajstić information content (AvgIpc) is 3.31. The first-order chi connectivity index (χ1) is 16.7. The van der Waals surface area contributed by atoms with Gasteiger partial charge in [-0.05, 0) is 36.8 Å². The zero-order valence-corrected chi connectivity index (χ0v) is 19.9. The number of nitrogens with zero attached hydrogens (tertiary/aromatic N) is 2. The van der Waals surface area contributed by atoms with Gasteiger partial charge in [-0.3, -0.25) is 29.4 Å². The molecule has 1 N–H and O–H groups in total. The number of benzene rings is 2. The van der Waals surface area contributed by atoms with Crippen LogP contribution in [0.25, 0.3) is 0 Å². The zero-order valence-electron chi connectivity index (χ0n) is 19.9. The van der Waals surface area contributed by atoms with Gasteiger partial charge < -0.3 is 9.64 Å². The number of ether oxygens (including phenoxy) is 1. The van der Waals surface area contributed by atoms with Crippen LogP contribution in [0.4, 0.5) is 4.39 Å². The van der Waals surface area contributed by atoms with Crippen molar-refractivity contribution in [2.75, 3.05) is 27.2 Å². The van der Waals surface area contributed by atoms with Crippen LogP contribution in [0.15, 0.2) is 54.6 Å². The van der Waals surface area contributed by atoms with Crippen LogP contribution in [0, 0.1) is 17.7 Å². The van der Waals surface area contributed by atoms with E-state index in [0.29, 0.717) is 12.1 Å². The standard InChI is InChI=1S/C26H28FN3O5/c1-4-30(22(31)17-10-12-18(27)13-11-17)15-19-20-21(24(33)29(2)23(20)32)26(28-19,25(34)35-3)14-16-8-6-5-7-9-16/h5-13,19-21,28H,4,14-15H2,1-3H3/t19-,20+,21-,26-/m1/s1. The molecule has 0 aromatic heterocycles. The number of hydrogen-bond donors (Lipinski definition) is 1. The molecule has 35 heavy (non-hydrogen) atoms. The molecule has 2 heterocycles. The Balaban J connectivity index is 1.71. The van der Waals surface area contributed by atoms with Gasteiger partial charge >= 0.3 is 5.97 Å². The van der Waals surface area contributed by atoms with Gasteiger partial charge in [0, 0.05) is 38.2 Å². The molecular formula is C26H28FN3O5.